The summed E-state index contributed by atoms with van der Waals surface area (Å²) < 4.78 is 56.2. The normalized spacial score (nSPS) is 17.9. The van der Waals surface area contributed by atoms with Gasteiger partial charge in [0.15, 0.2) is 0 Å². The van der Waals surface area contributed by atoms with Crippen molar-refractivity contribution in [1.82, 2.24) is 10.2 Å². The zero-order valence-electron chi connectivity index (χ0n) is 11.5. The van der Waals surface area contributed by atoms with E-state index in [9.17, 15) is 17.6 Å². The van der Waals surface area contributed by atoms with E-state index in [1.54, 1.807) is 0 Å². The number of halogens is 6. The highest BCUT2D eigenvalue weighted by molar-refractivity contribution is 6.30. The van der Waals surface area contributed by atoms with Crippen LogP contribution in [0.15, 0.2) is 12.1 Å². The lowest BCUT2D eigenvalue weighted by molar-refractivity contribution is -0.120. The van der Waals surface area contributed by atoms with Gasteiger partial charge in [-0.1, -0.05) is 11.6 Å². The van der Waals surface area contributed by atoms with Gasteiger partial charge >= 0.3 is 0 Å². The lowest BCUT2D eigenvalue weighted by Crippen LogP contribution is -2.51. The van der Waals surface area contributed by atoms with Gasteiger partial charge in [0.05, 0.1) is 5.02 Å². The van der Waals surface area contributed by atoms with Gasteiger partial charge in [0, 0.05) is 31.7 Å². The van der Waals surface area contributed by atoms with E-state index in [4.69, 9.17) is 16.7 Å². The van der Waals surface area contributed by atoms with Gasteiger partial charge in [0.2, 0.25) is 0 Å². The molecule has 1 aliphatic heterocycles. The third-order valence-electron chi connectivity index (χ3n) is 3.48. The maximum absolute atomic E-state index is 14.1. The lowest BCUT2D eigenvalue weighted by Gasteiger charge is -2.39. The molecule has 1 aromatic rings. The number of alkyl halides is 2. The van der Waals surface area contributed by atoms with Crippen molar-refractivity contribution in [3.63, 3.8) is 0 Å². The topological polar surface area (TPSA) is 35.5 Å². The number of nitrogens with zero attached hydrogens (tertiary/aromatic N) is 1. The smallest absolute Gasteiger partial charge is 0.290 e. The molecule has 126 valence electrons. The number of rotatable bonds is 4. The lowest BCUT2D eigenvalue weighted by atomic mass is 9.97. The molecule has 0 aliphatic carbocycles. The average molecular weight is 363 g/mol. The monoisotopic (exact) mass is 362 g/mol. The molecule has 1 heterocycles. The predicted molar refractivity (Wildman–Crippen MR) is 77.8 cm³/mol. The van der Waals surface area contributed by atoms with Gasteiger partial charge < -0.3 is 10.4 Å². The molecule has 0 saturated carbocycles. The van der Waals surface area contributed by atoms with E-state index in [0.717, 1.165) is 12.1 Å². The van der Waals surface area contributed by atoms with Crippen LogP contribution >= 0.6 is 24.0 Å². The summed E-state index contributed by atoms with van der Waals surface area (Å²) in [6.45, 7) is -0.298. The van der Waals surface area contributed by atoms with Gasteiger partial charge in [-0.15, -0.1) is 12.4 Å². The summed E-state index contributed by atoms with van der Waals surface area (Å²) in [5.41, 5.74) is -0.802. The SMILES string of the molecule is Cl.OCC(F)(F)[C@H](c1c(F)ccc(Cl)c1F)N1CCNCC1. The van der Waals surface area contributed by atoms with Crippen molar-refractivity contribution in [2.24, 2.45) is 0 Å². The van der Waals surface area contributed by atoms with Crippen LogP contribution in [0.1, 0.15) is 11.6 Å². The second-order valence-electron chi connectivity index (χ2n) is 4.86. The summed E-state index contributed by atoms with van der Waals surface area (Å²) >= 11 is 5.58. The molecule has 2 N–H and O–H groups in total. The third kappa shape index (κ3) is 3.83. The van der Waals surface area contributed by atoms with E-state index in [1.807, 2.05) is 0 Å². The van der Waals surface area contributed by atoms with Crippen LogP contribution in [0.3, 0.4) is 0 Å². The highest BCUT2D eigenvalue weighted by Crippen LogP contribution is 2.40. The number of piperazine rings is 1. The average Bonchev–Trinajstić information content (AvgIpc) is 2.48. The molecule has 0 aromatic heterocycles. The first-order valence-electron chi connectivity index (χ1n) is 6.45. The minimum Gasteiger partial charge on any atom is -0.390 e. The molecule has 1 aromatic carbocycles. The van der Waals surface area contributed by atoms with Crippen LogP contribution in [0.2, 0.25) is 5.02 Å². The number of hydrogen-bond donors (Lipinski definition) is 2. The first kappa shape index (κ1) is 19.4. The molecule has 1 aliphatic rings. The molecule has 0 spiro atoms. The summed E-state index contributed by atoms with van der Waals surface area (Å²) in [6, 6.07) is -0.0753. The van der Waals surface area contributed by atoms with Gasteiger partial charge in [-0.2, -0.15) is 0 Å². The van der Waals surface area contributed by atoms with Gasteiger partial charge in [-0.25, -0.2) is 17.6 Å². The molecule has 0 amide bonds. The standard InChI is InChI=1S/C13H15ClF4N2O.ClH/c14-8-1-2-9(15)10(11(8)16)12(13(17,18)7-21)20-5-3-19-4-6-20;/h1-2,12,19,21H,3-7H2;1H/t12-;/m0./s1. The molecule has 0 unspecified atom stereocenters. The maximum atomic E-state index is 14.1. The van der Waals surface area contributed by atoms with E-state index in [-0.39, 0.29) is 25.5 Å². The molecule has 1 fully saturated rings. The summed E-state index contributed by atoms with van der Waals surface area (Å²) in [7, 11) is 0. The van der Waals surface area contributed by atoms with E-state index < -0.39 is 40.8 Å². The number of hydrogen-bond acceptors (Lipinski definition) is 3. The van der Waals surface area contributed by atoms with Crippen molar-refractivity contribution in [1.29, 1.82) is 0 Å². The van der Waals surface area contributed by atoms with Crippen molar-refractivity contribution >= 4 is 24.0 Å². The Morgan fingerprint density at radius 3 is 2.41 bits per heavy atom. The highest BCUT2D eigenvalue weighted by Gasteiger charge is 2.46. The second-order valence-corrected chi connectivity index (χ2v) is 5.27. The van der Waals surface area contributed by atoms with Crippen molar-refractivity contribution in [3.05, 3.63) is 34.4 Å². The Bertz CT molecular complexity index is 513. The Morgan fingerprint density at radius 1 is 1.27 bits per heavy atom. The largest absolute Gasteiger partial charge is 0.390 e. The quantitative estimate of drug-likeness (QED) is 0.638. The van der Waals surface area contributed by atoms with E-state index in [1.165, 1.54) is 4.90 Å². The zero-order valence-corrected chi connectivity index (χ0v) is 13.0. The van der Waals surface area contributed by atoms with E-state index in [0.29, 0.717) is 13.1 Å². The van der Waals surface area contributed by atoms with Crippen molar-refractivity contribution in [3.8, 4) is 0 Å². The van der Waals surface area contributed by atoms with Crippen LogP contribution in [-0.2, 0) is 0 Å². The van der Waals surface area contributed by atoms with Crippen LogP contribution < -0.4 is 5.32 Å². The number of benzene rings is 1. The minimum absolute atomic E-state index is 0. The van der Waals surface area contributed by atoms with Crippen LogP contribution in [0.25, 0.3) is 0 Å². The maximum Gasteiger partial charge on any atom is 0.290 e. The molecule has 0 radical (unpaired) electrons. The Morgan fingerprint density at radius 2 is 1.86 bits per heavy atom. The Labute approximate surface area is 136 Å². The Balaban J connectivity index is 0.00000242. The van der Waals surface area contributed by atoms with Crippen LogP contribution in [0.5, 0.6) is 0 Å². The van der Waals surface area contributed by atoms with Crippen LogP contribution in [0, 0.1) is 11.6 Å². The molecular formula is C13H16Cl2F4N2O. The Kier molecular flexibility index (Phi) is 6.88. The molecular weight excluding hydrogens is 347 g/mol. The van der Waals surface area contributed by atoms with Gasteiger partial charge in [0.25, 0.3) is 5.92 Å². The van der Waals surface area contributed by atoms with Crippen LogP contribution in [-0.4, -0.2) is 48.7 Å². The molecule has 3 nitrogen and oxygen atoms in total. The Hall–Kier alpha value is -0.600. The number of aliphatic hydroxyl groups excluding tert-OH is 1. The summed E-state index contributed by atoms with van der Waals surface area (Å²) in [6.07, 6.45) is 0. The van der Waals surface area contributed by atoms with Crippen molar-refractivity contribution < 1.29 is 22.7 Å². The number of nitrogens with one attached hydrogen (secondary N) is 1. The highest BCUT2D eigenvalue weighted by atomic mass is 35.5. The molecule has 9 heteroatoms. The first-order valence-corrected chi connectivity index (χ1v) is 6.83. The fourth-order valence-corrected chi connectivity index (χ4v) is 2.65. The van der Waals surface area contributed by atoms with Gasteiger partial charge in [-0.3, -0.25) is 4.90 Å². The summed E-state index contributed by atoms with van der Waals surface area (Å²) in [4.78, 5) is 1.25. The van der Waals surface area contributed by atoms with Gasteiger partial charge in [0.1, 0.15) is 24.3 Å². The van der Waals surface area contributed by atoms with Crippen molar-refractivity contribution in [2.75, 3.05) is 32.8 Å². The zero-order chi connectivity index (χ0) is 15.6. The van der Waals surface area contributed by atoms with E-state index in [2.05, 4.69) is 5.32 Å². The fraction of sp³-hybridized carbons (Fsp3) is 0.538. The first-order chi connectivity index (χ1) is 9.88. The minimum atomic E-state index is -3.69. The van der Waals surface area contributed by atoms with E-state index >= 15 is 0 Å². The predicted octanol–water partition coefficient (Wildman–Crippen LogP) is 2.61. The van der Waals surface area contributed by atoms with Crippen LogP contribution in [0.4, 0.5) is 17.6 Å². The second kappa shape index (κ2) is 7.79. The summed E-state index contributed by atoms with van der Waals surface area (Å²) in [5, 5.41) is 11.5. The summed E-state index contributed by atoms with van der Waals surface area (Å²) in [5.74, 6) is -6.01. The number of aliphatic hydroxyl groups is 1. The molecule has 1 atom stereocenters. The van der Waals surface area contributed by atoms with Gasteiger partial charge in [-0.05, 0) is 12.1 Å². The molecule has 0 bridgehead atoms. The third-order valence-corrected chi connectivity index (χ3v) is 3.77. The molecule has 22 heavy (non-hydrogen) atoms. The fourth-order valence-electron chi connectivity index (χ4n) is 2.48. The van der Waals surface area contributed by atoms with Crippen molar-refractivity contribution in [2.45, 2.75) is 12.0 Å². The molecule has 1 saturated heterocycles. The molecule has 2 rings (SSSR count).